The lowest BCUT2D eigenvalue weighted by atomic mass is 9.96. The van der Waals surface area contributed by atoms with Gasteiger partial charge in [-0.25, -0.2) is 4.98 Å². The predicted molar refractivity (Wildman–Crippen MR) is 101 cm³/mol. The van der Waals surface area contributed by atoms with Crippen LogP contribution < -0.4 is 16.2 Å². The Kier molecular flexibility index (Phi) is 6.08. The SMILES string of the molecule is N#Cc1c(NC(=O)/C=C/C(=O)NNC(=O)c2cnccn2)sc2c1CCCC2. The van der Waals surface area contributed by atoms with Gasteiger partial charge in [0, 0.05) is 29.4 Å². The lowest BCUT2D eigenvalue weighted by molar-refractivity contribution is -0.118. The van der Waals surface area contributed by atoms with E-state index >= 15 is 0 Å². The number of anilines is 1. The molecule has 3 N–H and O–H groups in total. The fourth-order valence-corrected chi connectivity index (χ4v) is 3.96. The smallest absolute Gasteiger partial charge is 0.289 e. The van der Waals surface area contributed by atoms with E-state index in [-0.39, 0.29) is 5.69 Å². The molecule has 0 unspecified atom stereocenters. The van der Waals surface area contributed by atoms with Gasteiger partial charge >= 0.3 is 0 Å². The monoisotopic (exact) mass is 396 g/mol. The Morgan fingerprint density at radius 1 is 1.11 bits per heavy atom. The van der Waals surface area contributed by atoms with Crippen LogP contribution in [0.15, 0.2) is 30.7 Å². The lowest BCUT2D eigenvalue weighted by Crippen LogP contribution is -2.41. The molecule has 0 atom stereocenters. The Hall–Kier alpha value is -3.58. The van der Waals surface area contributed by atoms with Crippen LogP contribution in [0.2, 0.25) is 0 Å². The summed E-state index contributed by atoms with van der Waals surface area (Å²) >= 11 is 1.40. The van der Waals surface area contributed by atoms with E-state index in [1.54, 1.807) is 0 Å². The first-order chi connectivity index (χ1) is 13.6. The normalized spacial score (nSPS) is 12.7. The summed E-state index contributed by atoms with van der Waals surface area (Å²) in [6, 6.07) is 2.16. The minimum absolute atomic E-state index is 0.0372. The minimum atomic E-state index is -0.696. The maximum absolute atomic E-state index is 12.1. The molecule has 0 saturated carbocycles. The van der Waals surface area contributed by atoms with Crippen molar-refractivity contribution in [3.8, 4) is 6.07 Å². The summed E-state index contributed by atoms with van der Waals surface area (Å²) in [5, 5.41) is 12.5. The van der Waals surface area contributed by atoms with Crippen molar-refractivity contribution in [3.05, 3.63) is 52.4 Å². The third-order valence-corrected chi connectivity index (χ3v) is 5.21. The molecule has 2 heterocycles. The van der Waals surface area contributed by atoms with Gasteiger partial charge < -0.3 is 5.32 Å². The zero-order chi connectivity index (χ0) is 19.9. The Morgan fingerprint density at radius 2 is 1.89 bits per heavy atom. The van der Waals surface area contributed by atoms with Crippen molar-refractivity contribution < 1.29 is 14.4 Å². The minimum Gasteiger partial charge on any atom is -0.313 e. The molecule has 3 rings (SSSR count). The van der Waals surface area contributed by atoms with Crippen LogP contribution in [-0.4, -0.2) is 27.7 Å². The standard InChI is InChI=1S/C18H16N6O3S/c19-9-12-11-3-1-2-4-14(11)28-18(12)22-15(25)5-6-16(26)23-24-17(27)13-10-20-7-8-21-13/h5-8,10H,1-4H2,(H,22,25)(H,23,26)(H,24,27)/b6-5+. The largest absolute Gasteiger partial charge is 0.313 e. The fraction of sp³-hybridized carbons (Fsp3) is 0.222. The highest BCUT2D eigenvalue weighted by atomic mass is 32.1. The second-order valence-corrected chi connectivity index (χ2v) is 6.99. The van der Waals surface area contributed by atoms with Crippen LogP contribution in [0.5, 0.6) is 0 Å². The van der Waals surface area contributed by atoms with Crippen LogP contribution in [-0.2, 0) is 22.4 Å². The maximum Gasteiger partial charge on any atom is 0.289 e. The van der Waals surface area contributed by atoms with Crippen molar-refractivity contribution in [2.75, 3.05) is 5.32 Å². The molecule has 1 aliphatic rings. The van der Waals surface area contributed by atoms with Gasteiger partial charge in [0.1, 0.15) is 16.8 Å². The molecule has 10 heteroatoms. The van der Waals surface area contributed by atoms with E-state index < -0.39 is 17.7 Å². The van der Waals surface area contributed by atoms with Crippen molar-refractivity contribution >= 4 is 34.1 Å². The number of carbonyl (C=O) groups excluding carboxylic acids is 3. The first kappa shape index (κ1) is 19.2. The zero-order valence-corrected chi connectivity index (χ0v) is 15.5. The van der Waals surface area contributed by atoms with Gasteiger partial charge in [0.15, 0.2) is 0 Å². The number of hydrogen-bond donors (Lipinski definition) is 3. The number of hydrogen-bond acceptors (Lipinski definition) is 7. The molecule has 3 amide bonds. The Balaban J connectivity index is 1.54. The van der Waals surface area contributed by atoms with E-state index in [1.165, 1.54) is 29.9 Å². The van der Waals surface area contributed by atoms with E-state index in [4.69, 9.17) is 0 Å². The number of hydrazine groups is 1. The number of aryl methyl sites for hydroxylation is 1. The van der Waals surface area contributed by atoms with Gasteiger partial charge in [0.25, 0.3) is 11.8 Å². The van der Waals surface area contributed by atoms with Gasteiger partial charge in [-0.3, -0.25) is 30.2 Å². The number of nitrogens with zero attached hydrogens (tertiary/aromatic N) is 3. The molecule has 2 aromatic heterocycles. The quantitative estimate of drug-likeness (QED) is 0.525. The highest BCUT2D eigenvalue weighted by Crippen LogP contribution is 2.37. The van der Waals surface area contributed by atoms with Gasteiger partial charge in [-0.05, 0) is 31.2 Å². The molecule has 0 radical (unpaired) electrons. The van der Waals surface area contributed by atoms with E-state index in [1.807, 2.05) is 0 Å². The second kappa shape index (κ2) is 8.88. The van der Waals surface area contributed by atoms with Gasteiger partial charge in [0.2, 0.25) is 5.91 Å². The Bertz CT molecular complexity index is 977. The van der Waals surface area contributed by atoms with Crippen molar-refractivity contribution in [2.24, 2.45) is 0 Å². The molecule has 9 nitrogen and oxygen atoms in total. The number of nitriles is 1. The molecule has 0 fully saturated rings. The fourth-order valence-electron chi connectivity index (χ4n) is 2.72. The van der Waals surface area contributed by atoms with E-state index in [9.17, 15) is 19.6 Å². The Morgan fingerprint density at radius 3 is 2.64 bits per heavy atom. The number of thiophene rings is 1. The molecule has 142 valence electrons. The van der Waals surface area contributed by atoms with Gasteiger partial charge in [-0.1, -0.05) is 0 Å². The molecule has 0 aliphatic heterocycles. The summed E-state index contributed by atoms with van der Waals surface area (Å²) in [4.78, 5) is 44.2. The van der Waals surface area contributed by atoms with Gasteiger partial charge in [-0.15, -0.1) is 11.3 Å². The number of aromatic nitrogens is 2. The first-order valence-electron chi connectivity index (χ1n) is 8.48. The third kappa shape index (κ3) is 4.57. The van der Waals surface area contributed by atoms with E-state index in [0.29, 0.717) is 10.6 Å². The number of carbonyl (C=O) groups is 3. The van der Waals surface area contributed by atoms with Crippen LogP contribution in [0, 0.1) is 11.3 Å². The van der Waals surface area contributed by atoms with Crippen LogP contribution in [0.1, 0.15) is 39.3 Å². The molecule has 1 aliphatic carbocycles. The summed E-state index contributed by atoms with van der Waals surface area (Å²) < 4.78 is 0. The Labute approximate surface area is 164 Å². The molecule has 0 spiro atoms. The van der Waals surface area contributed by atoms with Gasteiger partial charge in [-0.2, -0.15) is 5.26 Å². The number of nitrogens with one attached hydrogen (secondary N) is 3. The zero-order valence-electron chi connectivity index (χ0n) is 14.7. The van der Waals surface area contributed by atoms with Gasteiger partial charge in [0.05, 0.1) is 11.8 Å². The molecule has 28 heavy (non-hydrogen) atoms. The van der Waals surface area contributed by atoms with Crippen LogP contribution in [0.25, 0.3) is 0 Å². The second-order valence-electron chi connectivity index (χ2n) is 5.88. The highest BCUT2D eigenvalue weighted by Gasteiger charge is 2.21. The lowest BCUT2D eigenvalue weighted by Gasteiger charge is -2.09. The highest BCUT2D eigenvalue weighted by molar-refractivity contribution is 7.16. The van der Waals surface area contributed by atoms with Crippen LogP contribution >= 0.6 is 11.3 Å². The topological polar surface area (TPSA) is 137 Å². The summed E-state index contributed by atoms with van der Waals surface area (Å²) in [7, 11) is 0. The number of fused-ring (bicyclic) bond motifs is 1. The molecular formula is C18H16N6O3S. The first-order valence-corrected chi connectivity index (χ1v) is 9.30. The average Bonchev–Trinajstić information content (AvgIpc) is 3.07. The van der Waals surface area contributed by atoms with E-state index in [0.717, 1.165) is 48.3 Å². The van der Waals surface area contributed by atoms with Crippen LogP contribution in [0.3, 0.4) is 0 Å². The number of amides is 3. The molecular weight excluding hydrogens is 380 g/mol. The molecule has 0 saturated heterocycles. The summed E-state index contributed by atoms with van der Waals surface area (Å²) in [5.74, 6) is -1.87. The van der Waals surface area contributed by atoms with Crippen LogP contribution in [0.4, 0.5) is 5.00 Å². The number of rotatable bonds is 4. The molecule has 2 aromatic rings. The van der Waals surface area contributed by atoms with Crippen molar-refractivity contribution in [2.45, 2.75) is 25.7 Å². The van der Waals surface area contributed by atoms with Crippen molar-refractivity contribution in [3.63, 3.8) is 0 Å². The molecule has 0 bridgehead atoms. The van der Waals surface area contributed by atoms with Crippen molar-refractivity contribution in [1.82, 2.24) is 20.8 Å². The van der Waals surface area contributed by atoms with Crippen molar-refractivity contribution in [1.29, 1.82) is 5.26 Å². The van der Waals surface area contributed by atoms with E-state index in [2.05, 4.69) is 32.2 Å². The predicted octanol–water partition coefficient (Wildman–Crippen LogP) is 1.24. The molecule has 0 aromatic carbocycles. The third-order valence-electron chi connectivity index (χ3n) is 4.00. The summed E-state index contributed by atoms with van der Waals surface area (Å²) in [5.41, 5.74) is 5.85. The average molecular weight is 396 g/mol. The summed E-state index contributed by atoms with van der Waals surface area (Å²) in [6.07, 6.45) is 9.88. The maximum atomic E-state index is 12.1. The summed E-state index contributed by atoms with van der Waals surface area (Å²) in [6.45, 7) is 0.